The van der Waals surface area contributed by atoms with Crippen LogP contribution in [0.1, 0.15) is 43.4 Å². The van der Waals surface area contributed by atoms with Crippen LogP contribution in [-0.4, -0.2) is 17.1 Å². The van der Waals surface area contributed by atoms with Crippen molar-refractivity contribution in [2.45, 2.75) is 40.2 Å². The van der Waals surface area contributed by atoms with Crippen molar-refractivity contribution >= 4 is 5.97 Å². The Hall–Kier alpha value is -1.76. The number of terminal acetylenes is 1. The predicted octanol–water partition coefficient (Wildman–Crippen LogP) is 2.58. The summed E-state index contributed by atoms with van der Waals surface area (Å²) in [6.45, 7) is 7.57. The Morgan fingerprint density at radius 1 is 1.65 bits per heavy atom. The molecule has 1 heterocycles. The maximum atomic E-state index is 11.8. The maximum Gasteiger partial charge on any atom is 0.360 e. The molecule has 1 atom stereocenters. The largest absolute Gasteiger partial charge is 0.456 e. The zero-order chi connectivity index (χ0) is 13.1. The highest BCUT2D eigenvalue weighted by Gasteiger charge is 2.29. The van der Waals surface area contributed by atoms with Gasteiger partial charge in [0.2, 0.25) is 0 Å². The number of rotatable bonds is 3. The third kappa shape index (κ3) is 3.35. The summed E-state index contributed by atoms with van der Waals surface area (Å²) in [6.07, 6.45) is 6.54. The van der Waals surface area contributed by atoms with Gasteiger partial charge in [0, 0.05) is 6.42 Å². The molecule has 92 valence electrons. The molecule has 0 bridgehead atoms. The van der Waals surface area contributed by atoms with Gasteiger partial charge < -0.3 is 9.15 Å². The molecule has 0 saturated heterocycles. The fourth-order valence-electron chi connectivity index (χ4n) is 1.32. The smallest absolute Gasteiger partial charge is 0.360 e. The van der Waals surface area contributed by atoms with Crippen LogP contribution in [0.4, 0.5) is 0 Å². The summed E-state index contributed by atoms with van der Waals surface area (Å²) in [5.74, 6) is 2.47. The molecule has 0 aliphatic carbocycles. The van der Waals surface area contributed by atoms with Gasteiger partial charge in [-0.25, -0.2) is 9.78 Å². The lowest BCUT2D eigenvalue weighted by Gasteiger charge is -2.28. The Morgan fingerprint density at radius 2 is 2.29 bits per heavy atom. The third-order valence-electron chi connectivity index (χ3n) is 2.46. The minimum Gasteiger partial charge on any atom is -0.456 e. The topological polar surface area (TPSA) is 52.3 Å². The SMILES string of the molecule is C#CCC(OC(=O)c1ncoc1C)C(C)(C)C. The van der Waals surface area contributed by atoms with Crippen molar-refractivity contribution < 1.29 is 13.9 Å². The second kappa shape index (κ2) is 5.05. The molecule has 1 aromatic rings. The van der Waals surface area contributed by atoms with E-state index in [1.165, 1.54) is 6.39 Å². The monoisotopic (exact) mass is 235 g/mol. The molecule has 0 radical (unpaired) electrons. The van der Waals surface area contributed by atoms with Gasteiger partial charge >= 0.3 is 5.97 Å². The van der Waals surface area contributed by atoms with Gasteiger partial charge in [-0.3, -0.25) is 0 Å². The number of aromatic nitrogens is 1. The molecule has 0 aliphatic rings. The first-order valence-electron chi connectivity index (χ1n) is 5.40. The normalized spacial score (nSPS) is 12.9. The molecule has 0 aromatic carbocycles. The van der Waals surface area contributed by atoms with E-state index in [9.17, 15) is 4.79 Å². The summed E-state index contributed by atoms with van der Waals surface area (Å²) in [6, 6.07) is 0. The number of hydrogen-bond acceptors (Lipinski definition) is 4. The zero-order valence-electron chi connectivity index (χ0n) is 10.6. The molecular formula is C13H17NO3. The number of carbonyl (C=O) groups is 1. The summed E-state index contributed by atoms with van der Waals surface area (Å²) in [5, 5.41) is 0. The van der Waals surface area contributed by atoms with Gasteiger partial charge in [0.05, 0.1) is 0 Å². The van der Waals surface area contributed by atoms with E-state index in [-0.39, 0.29) is 17.2 Å². The van der Waals surface area contributed by atoms with Crippen molar-refractivity contribution in [2.75, 3.05) is 0 Å². The molecule has 1 rings (SSSR count). The Balaban J connectivity index is 2.79. The number of nitrogens with zero attached hydrogens (tertiary/aromatic N) is 1. The fourth-order valence-corrected chi connectivity index (χ4v) is 1.32. The Morgan fingerprint density at radius 3 is 2.71 bits per heavy atom. The van der Waals surface area contributed by atoms with E-state index in [0.717, 1.165) is 0 Å². The molecule has 0 aliphatic heterocycles. The summed E-state index contributed by atoms with van der Waals surface area (Å²) in [7, 11) is 0. The highest BCUT2D eigenvalue weighted by Crippen LogP contribution is 2.25. The Labute approximate surface area is 101 Å². The van der Waals surface area contributed by atoms with E-state index in [4.69, 9.17) is 15.6 Å². The first kappa shape index (κ1) is 13.3. The Bertz CT molecular complexity index is 434. The Kier molecular flexibility index (Phi) is 3.95. The molecule has 0 spiro atoms. The van der Waals surface area contributed by atoms with Crippen LogP contribution in [0.15, 0.2) is 10.8 Å². The summed E-state index contributed by atoms with van der Waals surface area (Å²) in [4.78, 5) is 15.7. The van der Waals surface area contributed by atoms with Gasteiger partial charge in [-0.2, -0.15) is 0 Å². The third-order valence-corrected chi connectivity index (χ3v) is 2.46. The summed E-state index contributed by atoms with van der Waals surface area (Å²) >= 11 is 0. The van der Waals surface area contributed by atoms with Crippen molar-refractivity contribution in [1.82, 2.24) is 4.98 Å². The standard InChI is InChI=1S/C13H17NO3/c1-6-7-10(13(3,4)5)17-12(15)11-9(2)16-8-14-11/h1,8,10H,7H2,2-5H3. The van der Waals surface area contributed by atoms with E-state index in [1.54, 1.807) is 6.92 Å². The van der Waals surface area contributed by atoms with Crippen molar-refractivity contribution in [3.8, 4) is 12.3 Å². The molecule has 1 aromatic heterocycles. The van der Waals surface area contributed by atoms with E-state index >= 15 is 0 Å². The number of hydrogen-bond donors (Lipinski definition) is 0. The van der Waals surface area contributed by atoms with Crippen LogP contribution >= 0.6 is 0 Å². The molecule has 1 unspecified atom stereocenters. The summed E-state index contributed by atoms with van der Waals surface area (Å²) in [5.41, 5.74) is -0.00378. The van der Waals surface area contributed by atoms with E-state index in [1.807, 2.05) is 20.8 Å². The lowest BCUT2D eigenvalue weighted by atomic mass is 9.87. The molecule has 0 N–H and O–H groups in total. The predicted molar refractivity (Wildman–Crippen MR) is 63.3 cm³/mol. The lowest BCUT2D eigenvalue weighted by Crippen LogP contribution is -2.31. The van der Waals surface area contributed by atoms with Crippen LogP contribution in [0.5, 0.6) is 0 Å². The second-order valence-corrected chi connectivity index (χ2v) is 4.93. The van der Waals surface area contributed by atoms with Crippen molar-refractivity contribution in [1.29, 1.82) is 0 Å². The molecule has 0 fully saturated rings. The van der Waals surface area contributed by atoms with Gasteiger partial charge in [-0.1, -0.05) is 20.8 Å². The van der Waals surface area contributed by atoms with E-state index in [2.05, 4.69) is 10.9 Å². The van der Waals surface area contributed by atoms with Crippen LogP contribution < -0.4 is 0 Å². The molecule has 0 amide bonds. The highest BCUT2D eigenvalue weighted by atomic mass is 16.5. The first-order valence-corrected chi connectivity index (χ1v) is 5.40. The zero-order valence-corrected chi connectivity index (χ0v) is 10.6. The maximum absolute atomic E-state index is 11.8. The van der Waals surface area contributed by atoms with Gasteiger partial charge in [-0.05, 0) is 12.3 Å². The molecule has 0 saturated carbocycles. The quantitative estimate of drug-likeness (QED) is 0.597. The molecule has 4 nitrogen and oxygen atoms in total. The van der Waals surface area contributed by atoms with Crippen LogP contribution in [-0.2, 0) is 4.74 Å². The molecule has 4 heteroatoms. The first-order chi connectivity index (χ1) is 7.86. The molecular weight excluding hydrogens is 218 g/mol. The summed E-state index contributed by atoms with van der Waals surface area (Å²) < 4.78 is 10.3. The van der Waals surface area contributed by atoms with Crippen LogP contribution in [0.25, 0.3) is 0 Å². The van der Waals surface area contributed by atoms with E-state index in [0.29, 0.717) is 12.2 Å². The minimum atomic E-state index is -0.494. The second-order valence-electron chi connectivity index (χ2n) is 4.93. The van der Waals surface area contributed by atoms with E-state index < -0.39 is 5.97 Å². The number of ether oxygens (including phenoxy) is 1. The number of oxazole rings is 1. The number of esters is 1. The van der Waals surface area contributed by atoms with Gasteiger partial charge in [0.1, 0.15) is 11.9 Å². The van der Waals surface area contributed by atoms with Crippen LogP contribution in [0.2, 0.25) is 0 Å². The van der Waals surface area contributed by atoms with Crippen LogP contribution in [0, 0.1) is 24.7 Å². The average molecular weight is 235 g/mol. The number of aryl methyl sites for hydroxylation is 1. The van der Waals surface area contributed by atoms with Crippen molar-refractivity contribution in [2.24, 2.45) is 5.41 Å². The van der Waals surface area contributed by atoms with Gasteiger partial charge in [0.15, 0.2) is 12.1 Å². The highest BCUT2D eigenvalue weighted by molar-refractivity contribution is 5.88. The number of carbonyl (C=O) groups excluding carboxylic acids is 1. The van der Waals surface area contributed by atoms with Crippen LogP contribution in [0.3, 0.4) is 0 Å². The van der Waals surface area contributed by atoms with Crippen molar-refractivity contribution in [3.63, 3.8) is 0 Å². The van der Waals surface area contributed by atoms with Gasteiger partial charge in [0.25, 0.3) is 0 Å². The lowest BCUT2D eigenvalue weighted by molar-refractivity contribution is -0.00124. The molecule has 17 heavy (non-hydrogen) atoms. The van der Waals surface area contributed by atoms with Crippen molar-refractivity contribution in [3.05, 3.63) is 17.8 Å². The fraction of sp³-hybridized carbons (Fsp3) is 0.538. The average Bonchev–Trinajstić information content (AvgIpc) is 2.62. The minimum absolute atomic E-state index is 0.205. The van der Waals surface area contributed by atoms with Gasteiger partial charge in [-0.15, -0.1) is 12.3 Å².